The van der Waals surface area contributed by atoms with Gasteiger partial charge in [-0.25, -0.2) is 13.1 Å². The lowest BCUT2D eigenvalue weighted by Crippen LogP contribution is -2.27. The number of aryl methyl sites for hydroxylation is 1. The Morgan fingerprint density at radius 2 is 1.80 bits per heavy atom. The molecule has 9 heteroatoms. The highest BCUT2D eigenvalue weighted by atomic mass is 32.2. The molecule has 0 fully saturated rings. The summed E-state index contributed by atoms with van der Waals surface area (Å²) in [6, 6.07) is 6.52. The van der Waals surface area contributed by atoms with E-state index in [0.717, 1.165) is 10.6 Å². The summed E-state index contributed by atoms with van der Waals surface area (Å²) in [7, 11) is -3.62. The van der Waals surface area contributed by atoms with Gasteiger partial charge in [0, 0.05) is 18.4 Å². The summed E-state index contributed by atoms with van der Waals surface area (Å²) in [6.07, 6.45) is 0.00945. The van der Waals surface area contributed by atoms with Gasteiger partial charge in [-0.1, -0.05) is 49.8 Å². The zero-order valence-electron chi connectivity index (χ0n) is 14.7. The van der Waals surface area contributed by atoms with Crippen molar-refractivity contribution in [2.45, 2.75) is 44.4 Å². The molecule has 1 aromatic heterocycles. The number of amides is 1. The molecule has 0 saturated heterocycles. The van der Waals surface area contributed by atoms with Crippen LogP contribution in [-0.4, -0.2) is 31.1 Å². The molecule has 1 amide bonds. The van der Waals surface area contributed by atoms with Gasteiger partial charge >= 0.3 is 0 Å². The van der Waals surface area contributed by atoms with E-state index >= 15 is 0 Å². The summed E-state index contributed by atoms with van der Waals surface area (Å²) in [5.74, 6) is -0.316. The van der Waals surface area contributed by atoms with E-state index in [2.05, 4.69) is 20.2 Å². The summed E-state index contributed by atoms with van der Waals surface area (Å²) >= 11 is 1.31. The Hall–Kier alpha value is -1.84. The van der Waals surface area contributed by atoms with Crippen LogP contribution >= 0.6 is 11.3 Å². The Balaban J connectivity index is 1.86. The van der Waals surface area contributed by atoms with Crippen LogP contribution in [0.2, 0.25) is 0 Å². The lowest BCUT2D eigenvalue weighted by Gasteiger charge is -2.12. The van der Waals surface area contributed by atoms with Crippen LogP contribution in [0.25, 0.3) is 0 Å². The highest BCUT2D eigenvalue weighted by Crippen LogP contribution is 2.27. The van der Waals surface area contributed by atoms with Crippen molar-refractivity contribution in [1.82, 2.24) is 14.9 Å². The molecular weight excluding hydrogens is 360 g/mol. The molecular formula is C16H22N4O3S2. The van der Waals surface area contributed by atoms with Gasteiger partial charge in [-0.3, -0.25) is 4.79 Å². The molecule has 2 N–H and O–H groups in total. The Labute approximate surface area is 151 Å². The molecule has 0 aliphatic rings. The van der Waals surface area contributed by atoms with Crippen LogP contribution in [0.15, 0.2) is 29.2 Å². The molecule has 136 valence electrons. The van der Waals surface area contributed by atoms with E-state index in [4.69, 9.17) is 0 Å². The lowest BCUT2D eigenvalue weighted by atomic mass is 9.98. The van der Waals surface area contributed by atoms with Gasteiger partial charge < -0.3 is 5.32 Å². The minimum absolute atomic E-state index is 0.00692. The number of nitrogens with one attached hydrogen (secondary N) is 2. The predicted octanol–water partition coefficient (Wildman–Crippen LogP) is 2.45. The highest BCUT2D eigenvalue weighted by Gasteiger charge is 2.20. The number of nitrogens with zero attached hydrogens (tertiary/aromatic N) is 2. The first-order valence-corrected chi connectivity index (χ1v) is 10.1. The van der Waals surface area contributed by atoms with Crippen molar-refractivity contribution in [1.29, 1.82) is 0 Å². The number of hydrogen-bond donors (Lipinski definition) is 2. The first-order valence-electron chi connectivity index (χ1n) is 7.78. The maximum Gasteiger partial charge on any atom is 0.240 e. The molecule has 1 heterocycles. The SMILES string of the molecule is Cc1ccc(S(=O)(=O)NCCC(=O)Nc2nnc(C(C)(C)C)s2)cc1. The van der Waals surface area contributed by atoms with Crippen LogP contribution in [0.5, 0.6) is 0 Å². The summed E-state index contributed by atoms with van der Waals surface area (Å²) in [5, 5.41) is 11.9. The van der Waals surface area contributed by atoms with Crippen LogP contribution in [0.1, 0.15) is 37.8 Å². The number of sulfonamides is 1. The number of hydrogen-bond acceptors (Lipinski definition) is 6. The molecule has 2 aromatic rings. The van der Waals surface area contributed by atoms with E-state index in [9.17, 15) is 13.2 Å². The third-order valence-electron chi connectivity index (χ3n) is 3.29. The molecule has 0 aliphatic heterocycles. The molecule has 0 aliphatic carbocycles. The second-order valence-corrected chi connectivity index (χ2v) is 9.42. The average Bonchev–Trinajstić information content (AvgIpc) is 2.96. The molecule has 0 radical (unpaired) electrons. The average molecular weight is 383 g/mol. The predicted molar refractivity (Wildman–Crippen MR) is 98.2 cm³/mol. The van der Waals surface area contributed by atoms with Crippen LogP contribution < -0.4 is 10.0 Å². The molecule has 0 atom stereocenters. The van der Waals surface area contributed by atoms with E-state index in [1.807, 2.05) is 27.7 Å². The zero-order chi connectivity index (χ0) is 18.7. The van der Waals surface area contributed by atoms with E-state index in [1.54, 1.807) is 12.1 Å². The maximum absolute atomic E-state index is 12.1. The number of rotatable bonds is 6. The largest absolute Gasteiger partial charge is 0.300 e. The monoisotopic (exact) mass is 382 g/mol. The van der Waals surface area contributed by atoms with Gasteiger partial charge in [0.05, 0.1) is 4.90 Å². The normalized spacial score (nSPS) is 12.2. The van der Waals surface area contributed by atoms with Gasteiger partial charge in [-0.05, 0) is 19.1 Å². The fourth-order valence-corrected chi connectivity index (χ4v) is 3.71. The molecule has 0 unspecified atom stereocenters. The van der Waals surface area contributed by atoms with Crippen molar-refractivity contribution < 1.29 is 13.2 Å². The van der Waals surface area contributed by atoms with Crippen LogP contribution in [0.3, 0.4) is 0 Å². The molecule has 25 heavy (non-hydrogen) atoms. The van der Waals surface area contributed by atoms with Crippen LogP contribution in [0.4, 0.5) is 5.13 Å². The molecule has 0 bridgehead atoms. The van der Waals surface area contributed by atoms with Crippen molar-refractivity contribution in [3.05, 3.63) is 34.8 Å². The van der Waals surface area contributed by atoms with Crippen molar-refractivity contribution in [2.24, 2.45) is 0 Å². The molecule has 1 aromatic carbocycles. The van der Waals surface area contributed by atoms with Gasteiger partial charge in [0.25, 0.3) is 0 Å². The van der Waals surface area contributed by atoms with E-state index in [1.165, 1.54) is 23.5 Å². The second-order valence-electron chi connectivity index (χ2n) is 6.67. The van der Waals surface area contributed by atoms with Gasteiger partial charge in [-0.15, -0.1) is 10.2 Å². The number of aromatic nitrogens is 2. The number of anilines is 1. The second kappa shape index (κ2) is 7.59. The van der Waals surface area contributed by atoms with Gasteiger partial charge in [0.1, 0.15) is 5.01 Å². The summed E-state index contributed by atoms with van der Waals surface area (Å²) < 4.78 is 26.7. The molecule has 7 nitrogen and oxygen atoms in total. The van der Waals surface area contributed by atoms with Gasteiger partial charge in [0.15, 0.2) is 0 Å². The summed E-state index contributed by atoms with van der Waals surface area (Å²) in [5.41, 5.74) is 0.842. The minimum Gasteiger partial charge on any atom is -0.300 e. The van der Waals surface area contributed by atoms with Crippen molar-refractivity contribution >= 4 is 32.4 Å². The molecule has 0 saturated carbocycles. The fourth-order valence-electron chi connectivity index (χ4n) is 1.86. The number of carbonyl (C=O) groups is 1. The third kappa shape index (κ3) is 5.58. The standard InChI is InChI=1S/C16H22N4O3S2/c1-11-5-7-12(8-6-11)25(22,23)17-10-9-13(21)18-15-20-19-14(24-15)16(2,3)4/h5-8,17H,9-10H2,1-4H3,(H,18,20,21). The van der Waals surface area contributed by atoms with E-state index in [0.29, 0.717) is 5.13 Å². The quantitative estimate of drug-likeness (QED) is 0.799. The summed E-state index contributed by atoms with van der Waals surface area (Å²) in [6.45, 7) is 7.93. The Bertz CT molecular complexity index is 837. The Morgan fingerprint density at radius 1 is 1.16 bits per heavy atom. The number of benzene rings is 1. The third-order valence-corrected chi connectivity index (χ3v) is 6.03. The number of carbonyl (C=O) groups excluding carboxylic acids is 1. The molecule has 2 rings (SSSR count). The Kier molecular flexibility index (Phi) is 5.91. The maximum atomic E-state index is 12.1. The smallest absolute Gasteiger partial charge is 0.240 e. The Morgan fingerprint density at radius 3 is 2.36 bits per heavy atom. The van der Waals surface area contributed by atoms with Crippen molar-refractivity contribution in [2.75, 3.05) is 11.9 Å². The summed E-state index contributed by atoms with van der Waals surface area (Å²) in [4.78, 5) is 12.1. The van der Waals surface area contributed by atoms with Crippen molar-refractivity contribution in [3.63, 3.8) is 0 Å². The first kappa shape index (κ1) is 19.5. The lowest BCUT2D eigenvalue weighted by molar-refractivity contribution is -0.116. The first-order chi connectivity index (χ1) is 11.6. The molecule has 0 spiro atoms. The van der Waals surface area contributed by atoms with E-state index < -0.39 is 10.0 Å². The van der Waals surface area contributed by atoms with Gasteiger partial charge in [0.2, 0.25) is 21.1 Å². The fraction of sp³-hybridized carbons (Fsp3) is 0.438. The highest BCUT2D eigenvalue weighted by molar-refractivity contribution is 7.89. The topological polar surface area (TPSA) is 101 Å². The van der Waals surface area contributed by atoms with Crippen LogP contribution in [0, 0.1) is 6.92 Å². The van der Waals surface area contributed by atoms with Crippen LogP contribution in [-0.2, 0) is 20.2 Å². The van der Waals surface area contributed by atoms with Crippen molar-refractivity contribution in [3.8, 4) is 0 Å². The van der Waals surface area contributed by atoms with Gasteiger partial charge in [-0.2, -0.15) is 0 Å². The minimum atomic E-state index is -3.62. The zero-order valence-corrected chi connectivity index (χ0v) is 16.3. The van der Waals surface area contributed by atoms with E-state index in [-0.39, 0.29) is 29.2 Å².